The molecule has 4 heterocycles. The molecule has 0 radical (unpaired) electrons. The van der Waals surface area contributed by atoms with Gasteiger partial charge in [0.15, 0.2) is 5.60 Å². The number of ether oxygens (including phenoxy) is 1. The van der Waals surface area contributed by atoms with Crippen molar-refractivity contribution in [1.82, 2.24) is 9.55 Å². The highest BCUT2D eigenvalue weighted by Gasteiger charge is 2.45. The lowest BCUT2D eigenvalue weighted by Crippen LogP contribution is -2.44. The molecule has 29 heavy (non-hydrogen) atoms. The smallest absolute Gasteiger partial charge is 0.343 e. The Balaban J connectivity index is 1.75. The van der Waals surface area contributed by atoms with Crippen LogP contribution >= 0.6 is 0 Å². The van der Waals surface area contributed by atoms with Gasteiger partial charge in [-0.15, -0.1) is 0 Å². The molecular formula is C20H15N5O4. The molecule has 1 N–H and O–H groups in total. The normalized spacial score (nSPS) is 19.2. The van der Waals surface area contributed by atoms with Crippen LogP contribution in [0.5, 0.6) is 0 Å². The third-order valence-electron chi connectivity index (χ3n) is 5.65. The Kier molecular flexibility index (Phi) is 3.55. The minimum absolute atomic E-state index is 0.0991. The summed E-state index contributed by atoms with van der Waals surface area (Å²) in [7, 11) is 0. The molecule has 144 valence electrons. The second-order valence-electron chi connectivity index (χ2n) is 7.17. The van der Waals surface area contributed by atoms with Gasteiger partial charge in [-0.3, -0.25) is 4.79 Å². The van der Waals surface area contributed by atoms with E-state index in [1.807, 2.05) is 6.07 Å². The monoisotopic (exact) mass is 389 g/mol. The first-order valence-electron chi connectivity index (χ1n) is 9.12. The summed E-state index contributed by atoms with van der Waals surface area (Å²) in [5, 5.41) is 15.3. The van der Waals surface area contributed by atoms with Crippen LogP contribution in [0.2, 0.25) is 0 Å². The van der Waals surface area contributed by atoms with Crippen molar-refractivity contribution in [1.29, 1.82) is 0 Å². The first-order chi connectivity index (χ1) is 14.0. The Hall–Kier alpha value is -3.68. The molecule has 2 aliphatic heterocycles. The number of hydrogen-bond donors (Lipinski definition) is 1. The summed E-state index contributed by atoms with van der Waals surface area (Å²) in [5.74, 6) is -0.743. The van der Waals surface area contributed by atoms with Crippen LogP contribution in [0, 0.1) is 0 Å². The van der Waals surface area contributed by atoms with Crippen LogP contribution in [-0.2, 0) is 28.3 Å². The Morgan fingerprint density at radius 3 is 2.93 bits per heavy atom. The molecule has 0 aliphatic carbocycles. The fourth-order valence-corrected chi connectivity index (χ4v) is 4.09. The zero-order valence-corrected chi connectivity index (χ0v) is 15.4. The number of azide groups is 1. The molecule has 2 aromatic heterocycles. The van der Waals surface area contributed by atoms with E-state index in [9.17, 15) is 14.7 Å². The number of aliphatic hydroxyl groups is 1. The van der Waals surface area contributed by atoms with Crippen LogP contribution in [0.25, 0.3) is 32.7 Å². The maximum atomic E-state index is 13.1. The highest BCUT2D eigenvalue weighted by molar-refractivity contribution is 5.87. The summed E-state index contributed by atoms with van der Waals surface area (Å²) in [6.45, 7) is 1.84. The van der Waals surface area contributed by atoms with Crippen molar-refractivity contribution in [2.75, 3.05) is 0 Å². The highest BCUT2D eigenvalue weighted by atomic mass is 16.6. The van der Waals surface area contributed by atoms with E-state index in [4.69, 9.17) is 10.3 Å². The Labute approximate surface area is 163 Å². The first-order valence-corrected chi connectivity index (χ1v) is 9.12. The van der Waals surface area contributed by atoms with E-state index < -0.39 is 11.6 Å². The van der Waals surface area contributed by atoms with Gasteiger partial charge in [0.2, 0.25) is 0 Å². The second kappa shape index (κ2) is 5.91. The molecule has 0 bridgehead atoms. The minimum atomic E-state index is -1.84. The molecule has 5 rings (SSSR count). The van der Waals surface area contributed by atoms with E-state index >= 15 is 0 Å². The van der Waals surface area contributed by atoms with Gasteiger partial charge in [0.1, 0.15) is 6.61 Å². The molecule has 3 aromatic rings. The van der Waals surface area contributed by atoms with Gasteiger partial charge < -0.3 is 14.4 Å². The van der Waals surface area contributed by atoms with E-state index in [0.717, 1.165) is 10.9 Å². The number of carbonyl (C=O) groups is 1. The van der Waals surface area contributed by atoms with Gasteiger partial charge in [-0.2, -0.15) is 0 Å². The molecule has 1 aromatic carbocycles. The van der Waals surface area contributed by atoms with Crippen molar-refractivity contribution in [3.63, 3.8) is 0 Å². The minimum Gasteiger partial charge on any atom is -0.458 e. The Morgan fingerprint density at radius 1 is 1.34 bits per heavy atom. The van der Waals surface area contributed by atoms with Gasteiger partial charge in [-0.1, -0.05) is 18.1 Å². The zero-order chi connectivity index (χ0) is 20.3. The quantitative estimate of drug-likeness (QED) is 0.244. The summed E-state index contributed by atoms with van der Waals surface area (Å²) in [6.07, 6.45) is 0.0991. The van der Waals surface area contributed by atoms with Crippen molar-refractivity contribution in [2.24, 2.45) is 5.11 Å². The molecule has 9 nitrogen and oxygen atoms in total. The lowest BCUT2D eigenvalue weighted by molar-refractivity contribution is -0.172. The lowest BCUT2D eigenvalue weighted by Gasteiger charge is -2.31. The molecule has 0 amide bonds. The third kappa shape index (κ3) is 2.32. The molecule has 1 unspecified atom stereocenters. The van der Waals surface area contributed by atoms with Crippen LogP contribution < -0.4 is 5.56 Å². The molecule has 1 atom stereocenters. The van der Waals surface area contributed by atoms with Crippen LogP contribution in [-0.4, -0.2) is 20.6 Å². The number of benzene rings is 1. The number of pyridine rings is 2. The number of fused-ring (bicyclic) bond motifs is 5. The summed E-state index contributed by atoms with van der Waals surface area (Å²) in [4.78, 5) is 32.8. The maximum absolute atomic E-state index is 13.1. The molecule has 0 fully saturated rings. The van der Waals surface area contributed by atoms with E-state index in [-0.39, 0.29) is 18.6 Å². The topological polar surface area (TPSA) is 130 Å². The van der Waals surface area contributed by atoms with Gasteiger partial charge in [0, 0.05) is 27.1 Å². The Morgan fingerprint density at radius 2 is 2.17 bits per heavy atom. The van der Waals surface area contributed by atoms with E-state index in [1.165, 1.54) is 0 Å². The van der Waals surface area contributed by atoms with Gasteiger partial charge >= 0.3 is 5.97 Å². The van der Waals surface area contributed by atoms with Crippen LogP contribution in [0.15, 0.2) is 40.2 Å². The van der Waals surface area contributed by atoms with Crippen molar-refractivity contribution < 1.29 is 14.6 Å². The number of nitrogens with zero attached hydrogens (tertiary/aromatic N) is 5. The number of cyclic esters (lactones) is 1. The SMILES string of the molecule is CCC1(O)C(=O)OCc2c1cc1n(c2=O)Cc2cc3cc(N=[N+]=[N-])ccc3nc2-1. The summed E-state index contributed by atoms with van der Waals surface area (Å²) >= 11 is 0. The molecule has 2 aliphatic rings. The van der Waals surface area contributed by atoms with Crippen molar-refractivity contribution >= 4 is 22.6 Å². The Bertz CT molecular complexity index is 1340. The van der Waals surface area contributed by atoms with E-state index in [0.29, 0.717) is 40.3 Å². The first kappa shape index (κ1) is 17.4. The van der Waals surface area contributed by atoms with Gasteiger partial charge in [0.25, 0.3) is 5.56 Å². The standard InChI is InChI=1S/C20H15N5O4/c1-2-20(28)14-7-16-17-11(8-25(16)18(26)13(14)9-29-19(20)27)5-10-6-12(23-24-21)3-4-15(10)22-17/h3-7,28H,2,8-9H2,1H3. The summed E-state index contributed by atoms with van der Waals surface area (Å²) < 4.78 is 6.65. The number of hydrogen-bond acceptors (Lipinski definition) is 6. The van der Waals surface area contributed by atoms with Gasteiger partial charge in [0.05, 0.1) is 29.0 Å². The fraction of sp³-hybridized carbons (Fsp3) is 0.250. The van der Waals surface area contributed by atoms with E-state index in [2.05, 4.69) is 15.0 Å². The summed E-state index contributed by atoms with van der Waals surface area (Å²) in [5.41, 5.74) is 10.3. The third-order valence-corrected chi connectivity index (χ3v) is 5.65. The highest BCUT2D eigenvalue weighted by Crippen LogP contribution is 2.38. The van der Waals surface area contributed by atoms with Crippen molar-refractivity contribution in [2.45, 2.75) is 32.1 Å². The van der Waals surface area contributed by atoms with Crippen molar-refractivity contribution in [3.8, 4) is 11.4 Å². The average Bonchev–Trinajstić information content (AvgIpc) is 3.07. The number of rotatable bonds is 2. The fourth-order valence-electron chi connectivity index (χ4n) is 4.09. The number of carbonyl (C=O) groups excluding carboxylic acids is 1. The van der Waals surface area contributed by atoms with E-state index in [1.54, 1.807) is 35.8 Å². The van der Waals surface area contributed by atoms with Crippen LogP contribution in [0.3, 0.4) is 0 Å². The number of esters is 1. The van der Waals surface area contributed by atoms with Crippen LogP contribution in [0.1, 0.15) is 30.0 Å². The predicted molar refractivity (Wildman–Crippen MR) is 103 cm³/mol. The van der Waals surface area contributed by atoms with Crippen LogP contribution in [0.4, 0.5) is 5.69 Å². The molecule has 0 saturated heterocycles. The number of aromatic nitrogens is 2. The molecule has 0 saturated carbocycles. The lowest BCUT2D eigenvalue weighted by atomic mass is 9.86. The second-order valence-corrected chi connectivity index (χ2v) is 7.17. The van der Waals surface area contributed by atoms with Gasteiger partial charge in [-0.25, -0.2) is 9.78 Å². The molecule has 9 heteroatoms. The maximum Gasteiger partial charge on any atom is 0.343 e. The summed E-state index contributed by atoms with van der Waals surface area (Å²) in [6, 6.07) is 8.75. The van der Waals surface area contributed by atoms with Gasteiger partial charge in [-0.05, 0) is 36.2 Å². The van der Waals surface area contributed by atoms with Crippen molar-refractivity contribution in [3.05, 3.63) is 67.8 Å². The largest absolute Gasteiger partial charge is 0.458 e. The molecular weight excluding hydrogens is 374 g/mol. The zero-order valence-electron chi connectivity index (χ0n) is 15.4. The average molecular weight is 389 g/mol. The molecule has 0 spiro atoms. The predicted octanol–water partition coefficient (Wildman–Crippen LogP) is 3.02.